The van der Waals surface area contributed by atoms with E-state index in [-0.39, 0.29) is 24.4 Å². The van der Waals surface area contributed by atoms with Crippen LogP contribution in [0.25, 0.3) is 0 Å². The van der Waals surface area contributed by atoms with Crippen molar-refractivity contribution in [3.05, 3.63) is 12.1 Å². The number of likely N-dealkylation sites (N-methyl/N-ethyl adjacent to an activating group) is 1. The van der Waals surface area contributed by atoms with Gasteiger partial charge in [-0.05, 0) is 48.5 Å². The predicted octanol–water partition coefficient (Wildman–Crippen LogP) is 3.09. The first-order valence-electron chi connectivity index (χ1n) is 10.5. The van der Waals surface area contributed by atoms with Crippen LogP contribution in [0.15, 0.2) is 12.1 Å². The highest BCUT2D eigenvalue weighted by Gasteiger charge is 2.49. The zero-order chi connectivity index (χ0) is 22.8. The second-order valence-electron chi connectivity index (χ2n) is 9.25. The number of amides is 1. The van der Waals surface area contributed by atoms with Gasteiger partial charge < -0.3 is 33.2 Å². The molecule has 1 heterocycles. The third-order valence-corrected chi connectivity index (χ3v) is 4.80. The molecule has 0 aromatic rings. The van der Waals surface area contributed by atoms with Gasteiger partial charge in [0.25, 0.3) is 0 Å². The molecule has 0 N–H and O–H groups in total. The van der Waals surface area contributed by atoms with Gasteiger partial charge in [-0.25, -0.2) is 4.79 Å². The van der Waals surface area contributed by atoms with Gasteiger partial charge in [-0.2, -0.15) is 0 Å². The van der Waals surface area contributed by atoms with E-state index in [9.17, 15) is 4.79 Å². The number of hydrogen-bond acceptors (Lipinski definition) is 7. The van der Waals surface area contributed by atoms with Crippen LogP contribution in [0.2, 0.25) is 0 Å². The van der Waals surface area contributed by atoms with Crippen LogP contribution in [-0.4, -0.2) is 88.1 Å². The molecule has 0 atom stereocenters. The summed E-state index contributed by atoms with van der Waals surface area (Å²) in [6, 6.07) is 0. The summed E-state index contributed by atoms with van der Waals surface area (Å²) in [6.07, 6.45) is 1.54. The smallest absolute Gasteiger partial charge is 0.444 e. The Morgan fingerprint density at radius 2 is 1.43 bits per heavy atom. The lowest BCUT2D eigenvalue weighted by Gasteiger charge is -2.32. The molecule has 0 spiro atoms. The first-order chi connectivity index (χ1) is 13.8. The van der Waals surface area contributed by atoms with Crippen LogP contribution in [0.5, 0.6) is 0 Å². The Kier molecular flexibility index (Phi) is 10.8. The van der Waals surface area contributed by atoms with Crippen LogP contribution in [-0.2, 0) is 28.3 Å². The summed E-state index contributed by atoms with van der Waals surface area (Å²) in [6.45, 7) is 16.9. The Hall–Kier alpha value is -1.13. The van der Waals surface area contributed by atoms with Gasteiger partial charge in [0.05, 0.1) is 50.8 Å². The highest BCUT2D eigenvalue weighted by Crippen LogP contribution is 2.36. The summed E-state index contributed by atoms with van der Waals surface area (Å²) in [5.74, 6) is 1.87. The molecular formula is C21H40BNO7. The molecule has 1 rings (SSSR count). The van der Waals surface area contributed by atoms with Gasteiger partial charge in [-0.3, -0.25) is 0 Å². The maximum Gasteiger partial charge on any atom is 0.486 e. The zero-order valence-corrected chi connectivity index (χ0v) is 20.0. The largest absolute Gasteiger partial charge is 0.486 e. The fourth-order valence-corrected chi connectivity index (χ4v) is 2.36. The number of ether oxygens (including phenoxy) is 4. The van der Waals surface area contributed by atoms with Crippen LogP contribution in [0.4, 0.5) is 4.79 Å². The molecule has 174 valence electrons. The van der Waals surface area contributed by atoms with E-state index >= 15 is 0 Å². The maximum absolute atomic E-state index is 11.8. The van der Waals surface area contributed by atoms with E-state index < -0.39 is 5.60 Å². The Labute approximate surface area is 182 Å². The third-order valence-electron chi connectivity index (χ3n) is 4.80. The molecule has 1 amide bonds. The van der Waals surface area contributed by atoms with Gasteiger partial charge in [0, 0.05) is 13.6 Å². The molecule has 1 saturated heterocycles. The summed E-state index contributed by atoms with van der Waals surface area (Å²) in [4.78, 5) is 13.3. The molecule has 0 aromatic carbocycles. The number of carbonyl (C=O) groups is 1. The molecule has 0 bridgehead atoms. The van der Waals surface area contributed by atoms with E-state index in [0.29, 0.717) is 46.2 Å². The van der Waals surface area contributed by atoms with E-state index in [0.717, 1.165) is 0 Å². The Bertz CT molecular complexity index is 530. The van der Waals surface area contributed by atoms with E-state index in [1.54, 1.807) is 7.05 Å². The molecule has 0 unspecified atom stereocenters. The first kappa shape index (κ1) is 26.9. The molecule has 0 aliphatic carbocycles. The summed E-state index contributed by atoms with van der Waals surface area (Å²) >= 11 is 0. The van der Waals surface area contributed by atoms with Gasteiger partial charge in [-0.1, -0.05) is 12.1 Å². The summed E-state index contributed by atoms with van der Waals surface area (Å²) < 4.78 is 33.4. The van der Waals surface area contributed by atoms with Gasteiger partial charge in [0.15, 0.2) is 0 Å². The number of nitrogens with zero attached hydrogens (tertiary/aromatic N) is 1. The van der Waals surface area contributed by atoms with Crippen LogP contribution >= 0.6 is 0 Å². The van der Waals surface area contributed by atoms with Gasteiger partial charge in [0.1, 0.15) is 5.60 Å². The highest BCUT2D eigenvalue weighted by atomic mass is 16.7. The molecular weight excluding hydrogens is 389 g/mol. The van der Waals surface area contributed by atoms with Crippen molar-refractivity contribution in [2.45, 2.75) is 65.3 Å². The lowest BCUT2D eigenvalue weighted by Crippen LogP contribution is -2.41. The van der Waals surface area contributed by atoms with Gasteiger partial charge in [-0.15, -0.1) is 0 Å². The van der Waals surface area contributed by atoms with Crippen LogP contribution in [0.1, 0.15) is 48.5 Å². The van der Waals surface area contributed by atoms with Crippen LogP contribution in [0, 0.1) is 0 Å². The topological polar surface area (TPSA) is 75.7 Å². The third kappa shape index (κ3) is 10.3. The van der Waals surface area contributed by atoms with Crippen molar-refractivity contribution in [2.24, 2.45) is 0 Å². The first-order valence-corrected chi connectivity index (χ1v) is 10.5. The van der Waals surface area contributed by atoms with Crippen LogP contribution in [0.3, 0.4) is 0 Å². The van der Waals surface area contributed by atoms with Crippen molar-refractivity contribution in [1.82, 2.24) is 4.90 Å². The quantitative estimate of drug-likeness (QED) is 0.349. The minimum Gasteiger partial charge on any atom is -0.444 e. The molecule has 8 nitrogen and oxygen atoms in total. The lowest BCUT2D eigenvalue weighted by atomic mass is 9.90. The molecule has 9 heteroatoms. The fraction of sp³-hybridized carbons (Fsp3) is 0.857. The number of rotatable bonds is 12. The normalized spacial score (nSPS) is 18.2. The van der Waals surface area contributed by atoms with Crippen molar-refractivity contribution in [1.29, 1.82) is 0 Å². The van der Waals surface area contributed by atoms with E-state index in [2.05, 4.69) is 0 Å². The molecule has 0 aromatic heterocycles. The fourth-order valence-electron chi connectivity index (χ4n) is 2.36. The Morgan fingerprint density at radius 3 is 1.97 bits per heavy atom. The van der Waals surface area contributed by atoms with E-state index in [1.807, 2.05) is 60.5 Å². The summed E-state index contributed by atoms with van der Waals surface area (Å²) in [5, 5.41) is 0. The highest BCUT2D eigenvalue weighted by molar-refractivity contribution is 6.51. The molecule has 1 fully saturated rings. The zero-order valence-electron chi connectivity index (χ0n) is 20.0. The summed E-state index contributed by atoms with van der Waals surface area (Å²) in [7, 11) is 1.34. The Morgan fingerprint density at radius 1 is 0.933 bits per heavy atom. The molecule has 0 radical (unpaired) electrons. The van der Waals surface area contributed by atoms with Crippen molar-refractivity contribution >= 4 is 13.2 Å². The maximum atomic E-state index is 11.8. The van der Waals surface area contributed by atoms with E-state index in [4.69, 9.17) is 28.3 Å². The van der Waals surface area contributed by atoms with Crippen molar-refractivity contribution in [3.63, 3.8) is 0 Å². The van der Waals surface area contributed by atoms with Crippen molar-refractivity contribution in [3.8, 4) is 0 Å². The van der Waals surface area contributed by atoms with Crippen LogP contribution < -0.4 is 0 Å². The SMILES string of the molecule is CN(CCOCCOCCOCC=CB1OC(C)(C)C(C)(C)O1)C(=O)OC(C)(C)C. The minimum absolute atomic E-state index is 0.329. The molecule has 1 aliphatic heterocycles. The molecule has 30 heavy (non-hydrogen) atoms. The average molecular weight is 429 g/mol. The number of carbonyl (C=O) groups excluding carboxylic acids is 1. The lowest BCUT2D eigenvalue weighted by molar-refractivity contribution is 0.00578. The monoisotopic (exact) mass is 429 g/mol. The van der Waals surface area contributed by atoms with Gasteiger partial charge >= 0.3 is 13.2 Å². The summed E-state index contributed by atoms with van der Waals surface area (Å²) in [5.41, 5.74) is -1.16. The second kappa shape index (κ2) is 12.1. The Balaban J connectivity index is 1.95. The van der Waals surface area contributed by atoms with Crippen molar-refractivity contribution < 1.29 is 33.1 Å². The molecule has 0 saturated carbocycles. The average Bonchev–Trinajstić information content (AvgIpc) is 2.80. The number of hydrogen-bond donors (Lipinski definition) is 0. The second-order valence-corrected chi connectivity index (χ2v) is 9.25. The standard InChI is InChI=1S/C21H40BNO7/c1-19(2,3)28-18(24)23(8)11-13-26-15-17-27-16-14-25-12-9-10-22-29-20(4,5)21(6,7)30-22/h9-10H,11-17H2,1-8H3. The van der Waals surface area contributed by atoms with Gasteiger partial charge in [0.2, 0.25) is 0 Å². The predicted molar refractivity (Wildman–Crippen MR) is 117 cm³/mol. The van der Waals surface area contributed by atoms with E-state index in [1.165, 1.54) is 4.90 Å². The molecule has 1 aliphatic rings. The van der Waals surface area contributed by atoms with Crippen molar-refractivity contribution in [2.75, 3.05) is 53.2 Å². The minimum atomic E-state index is -0.496.